The number of nitrogens with zero attached hydrogens (tertiary/aromatic N) is 10. The fourth-order valence-corrected chi connectivity index (χ4v) is 8.52. The van der Waals surface area contributed by atoms with Gasteiger partial charge in [0.2, 0.25) is 0 Å². The van der Waals surface area contributed by atoms with E-state index in [9.17, 15) is 0 Å². The van der Waals surface area contributed by atoms with Crippen LogP contribution in [0, 0.1) is 0 Å². The third-order valence-corrected chi connectivity index (χ3v) is 11.8. The molecule has 0 amide bonds. The Morgan fingerprint density at radius 2 is 1.19 bits per heavy atom. The minimum absolute atomic E-state index is 0.435. The normalized spacial score (nSPS) is 15.7. The standard InChI is InChI=1S/C24H25N5O.C17H18ClN5.C7H9BO3/c1-17-6-5-12-28(17)23-10-4-8-20(26-23)14-19-16-22(27-29-13-11-25-24(19)29)18-7-3-9-21(15-18)30-2;1-12-4-3-8-22(12)16-6-2-5-14(20-16)10-13-11-15(18)21-23-9-7-19-17(13)23;1-11-7-4-2-3-6(5-7)8(9)10/h3-4,7-11,13,15-17H,5-6,12,14H2,1-2H3;2,5-7,9,11-12H,3-4,8,10H2,1H3;2-5,9-10H,1H3. The average Bonchev–Trinajstić information content (AvgIpc) is 4.16. The van der Waals surface area contributed by atoms with Crippen LogP contribution in [-0.4, -0.2) is 95.7 Å². The van der Waals surface area contributed by atoms with E-state index in [1.807, 2.05) is 41.0 Å². The molecule has 0 saturated carbocycles. The van der Waals surface area contributed by atoms with Crippen LogP contribution in [0.4, 0.5) is 11.6 Å². The van der Waals surface area contributed by atoms with Gasteiger partial charge in [-0.2, -0.15) is 10.2 Å². The molecule has 10 rings (SSSR count). The van der Waals surface area contributed by atoms with Crippen LogP contribution in [-0.2, 0) is 12.8 Å². The maximum absolute atomic E-state index is 8.74. The summed E-state index contributed by atoms with van der Waals surface area (Å²) in [5.74, 6) is 3.57. The molecule has 8 heterocycles. The van der Waals surface area contributed by atoms with Crippen LogP contribution in [0.15, 0.2) is 122 Å². The summed E-state index contributed by atoms with van der Waals surface area (Å²) in [6, 6.07) is 32.2. The predicted octanol–water partition coefficient (Wildman–Crippen LogP) is 7.11. The van der Waals surface area contributed by atoms with Gasteiger partial charge in [0, 0.05) is 90.9 Å². The summed E-state index contributed by atoms with van der Waals surface area (Å²) in [4.78, 5) is 23.5. The topological polar surface area (TPSA) is 152 Å². The molecule has 2 aromatic carbocycles. The highest BCUT2D eigenvalue weighted by Gasteiger charge is 2.23. The van der Waals surface area contributed by atoms with Gasteiger partial charge in [-0.3, -0.25) is 0 Å². The van der Waals surface area contributed by atoms with Crippen LogP contribution in [0.3, 0.4) is 0 Å². The molecule has 0 aliphatic carbocycles. The molecular formula is C48H52BClN10O4. The third kappa shape index (κ3) is 10.4. The Morgan fingerprint density at radius 3 is 1.73 bits per heavy atom. The summed E-state index contributed by atoms with van der Waals surface area (Å²) in [5, 5.41) is 26.9. The van der Waals surface area contributed by atoms with Crippen LogP contribution in [0.25, 0.3) is 22.6 Å². The van der Waals surface area contributed by atoms with Crippen molar-refractivity contribution in [2.75, 3.05) is 37.1 Å². The van der Waals surface area contributed by atoms with Gasteiger partial charge in [0.05, 0.1) is 19.9 Å². The molecule has 2 N–H and O–H groups in total. The van der Waals surface area contributed by atoms with E-state index in [0.29, 0.717) is 41.3 Å². The van der Waals surface area contributed by atoms with Crippen molar-refractivity contribution in [3.05, 3.63) is 150 Å². The molecule has 14 nitrogen and oxygen atoms in total. The van der Waals surface area contributed by atoms with Gasteiger partial charge in [-0.1, -0.05) is 48.0 Å². The van der Waals surface area contributed by atoms with E-state index >= 15 is 0 Å². The summed E-state index contributed by atoms with van der Waals surface area (Å²) in [6.07, 6.45) is 13.6. The first-order chi connectivity index (χ1) is 31.1. The van der Waals surface area contributed by atoms with E-state index < -0.39 is 7.12 Å². The monoisotopic (exact) mass is 878 g/mol. The smallest absolute Gasteiger partial charge is 0.488 e. The van der Waals surface area contributed by atoms with Gasteiger partial charge in [-0.05, 0) is 106 Å². The summed E-state index contributed by atoms with van der Waals surface area (Å²) < 4.78 is 13.8. The minimum Gasteiger partial charge on any atom is -0.497 e. The molecule has 2 atom stereocenters. The molecule has 2 unspecified atom stereocenters. The largest absolute Gasteiger partial charge is 0.497 e. The molecule has 8 aromatic rings. The second-order valence-corrected chi connectivity index (χ2v) is 16.4. The molecule has 6 aromatic heterocycles. The predicted molar refractivity (Wildman–Crippen MR) is 252 cm³/mol. The van der Waals surface area contributed by atoms with Gasteiger partial charge in [0.25, 0.3) is 0 Å². The zero-order chi connectivity index (χ0) is 44.6. The Bertz CT molecular complexity index is 2820. The van der Waals surface area contributed by atoms with Crippen molar-refractivity contribution in [1.82, 2.24) is 39.2 Å². The summed E-state index contributed by atoms with van der Waals surface area (Å²) >= 11 is 6.11. The highest BCUT2D eigenvalue weighted by molar-refractivity contribution is 6.58. The number of pyridine rings is 2. The molecule has 64 heavy (non-hydrogen) atoms. The van der Waals surface area contributed by atoms with Crippen molar-refractivity contribution in [3.63, 3.8) is 0 Å². The number of ether oxygens (including phenoxy) is 2. The number of hydrogen-bond donors (Lipinski definition) is 2. The molecule has 0 radical (unpaired) electrons. The number of halogens is 1. The van der Waals surface area contributed by atoms with Crippen LogP contribution < -0.4 is 24.7 Å². The summed E-state index contributed by atoms with van der Waals surface area (Å²) in [7, 11) is 1.78. The lowest BCUT2D eigenvalue weighted by Gasteiger charge is -2.23. The Labute approximate surface area is 378 Å². The molecule has 328 valence electrons. The molecule has 0 bridgehead atoms. The minimum atomic E-state index is -1.43. The fourth-order valence-electron chi connectivity index (χ4n) is 8.30. The molecule has 2 aliphatic heterocycles. The lowest BCUT2D eigenvalue weighted by molar-refractivity contribution is 0.412. The number of aromatic nitrogens is 8. The number of benzene rings is 2. The summed E-state index contributed by atoms with van der Waals surface area (Å²) in [5.41, 5.74) is 8.23. The van der Waals surface area contributed by atoms with Crippen LogP contribution in [0.5, 0.6) is 11.5 Å². The van der Waals surface area contributed by atoms with Crippen LogP contribution >= 0.6 is 11.6 Å². The van der Waals surface area contributed by atoms with Gasteiger partial charge in [-0.25, -0.2) is 29.0 Å². The Kier molecular flexibility index (Phi) is 14.0. The van der Waals surface area contributed by atoms with Gasteiger partial charge in [-0.15, -0.1) is 0 Å². The maximum atomic E-state index is 8.74. The molecule has 0 spiro atoms. The number of anilines is 2. The first-order valence-corrected chi connectivity index (χ1v) is 21.9. The first-order valence-electron chi connectivity index (χ1n) is 21.6. The lowest BCUT2D eigenvalue weighted by atomic mass is 9.80. The lowest BCUT2D eigenvalue weighted by Crippen LogP contribution is -2.29. The number of methoxy groups -OCH3 is 2. The van der Waals surface area contributed by atoms with Gasteiger partial charge in [0.15, 0.2) is 11.3 Å². The van der Waals surface area contributed by atoms with E-state index in [1.54, 1.807) is 54.5 Å². The van der Waals surface area contributed by atoms with Crippen LogP contribution in [0.2, 0.25) is 5.15 Å². The van der Waals surface area contributed by atoms with E-state index in [-0.39, 0.29) is 0 Å². The Balaban J connectivity index is 0.000000145. The van der Waals surface area contributed by atoms with Crippen LogP contribution in [0.1, 0.15) is 62.0 Å². The molecule has 2 aliphatic rings. The number of fused-ring (bicyclic) bond motifs is 2. The maximum Gasteiger partial charge on any atom is 0.488 e. The number of imidazole rings is 2. The van der Waals surface area contributed by atoms with E-state index in [2.05, 4.69) is 81.2 Å². The van der Waals surface area contributed by atoms with Crippen molar-refractivity contribution in [1.29, 1.82) is 0 Å². The second-order valence-electron chi connectivity index (χ2n) is 16.0. The highest BCUT2D eigenvalue weighted by Crippen LogP contribution is 2.28. The number of hydrogen-bond acceptors (Lipinski definition) is 12. The molecule has 16 heteroatoms. The van der Waals surface area contributed by atoms with E-state index in [0.717, 1.165) is 75.5 Å². The SMILES string of the molecule is CC1CCCN1c1cccc(Cc2cc(Cl)nn3ccnc23)n1.COc1cccc(-c2cc(Cc3cccc(N4CCCC4C)n3)c3nccn3n2)c1.COc1cccc(B(O)O)c1. The fraction of sp³-hybridized carbons (Fsp3) is 0.292. The van der Waals surface area contributed by atoms with Gasteiger partial charge < -0.3 is 29.3 Å². The van der Waals surface area contributed by atoms with Crippen molar-refractivity contribution in [3.8, 4) is 22.8 Å². The molecular weight excluding hydrogens is 827 g/mol. The van der Waals surface area contributed by atoms with E-state index in [1.165, 1.54) is 32.8 Å². The number of rotatable bonds is 10. The van der Waals surface area contributed by atoms with Crippen molar-refractivity contribution < 1.29 is 19.5 Å². The highest BCUT2D eigenvalue weighted by atomic mass is 35.5. The van der Waals surface area contributed by atoms with Crippen molar-refractivity contribution >= 4 is 47.1 Å². The van der Waals surface area contributed by atoms with Gasteiger partial charge >= 0.3 is 7.12 Å². The zero-order valence-electron chi connectivity index (χ0n) is 36.5. The Hall–Kier alpha value is -6.55. The van der Waals surface area contributed by atoms with Crippen molar-refractivity contribution in [2.45, 2.75) is 64.5 Å². The van der Waals surface area contributed by atoms with Gasteiger partial charge in [0.1, 0.15) is 28.3 Å². The molecule has 2 fully saturated rings. The third-order valence-electron chi connectivity index (χ3n) is 11.6. The average molecular weight is 879 g/mol. The quantitative estimate of drug-likeness (QED) is 0.135. The zero-order valence-corrected chi connectivity index (χ0v) is 37.3. The second kappa shape index (κ2) is 20.3. The van der Waals surface area contributed by atoms with Crippen molar-refractivity contribution in [2.24, 2.45) is 0 Å². The summed E-state index contributed by atoms with van der Waals surface area (Å²) in [6.45, 7) is 6.71. The Morgan fingerprint density at radius 1 is 0.656 bits per heavy atom. The molecule has 2 saturated heterocycles. The van der Waals surface area contributed by atoms with E-state index in [4.69, 9.17) is 46.2 Å². The first kappa shape index (κ1) is 44.1.